The Kier molecular flexibility index (Phi) is 4.82. The Bertz CT molecular complexity index is 540. The van der Waals surface area contributed by atoms with E-state index in [1.165, 1.54) is 18.8 Å². The van der Waals surface area contributed by atoms with Crippen molar-refractivity contribution in [3.63, 3.8) is 0 Å². The monoisotopic (exact) mass is 300 g/mol. The van der Waals surface area contributed by atoms with Gasteiger partial charge in [-0.3, -0.25) is 4.68 Å². The van der Waals surface area contributed by atoms with E-state index in [1.807, 2.05) is 0 Å². The van der Waals surface area contributed by atoms with Crippen LogP contribution in [-0.4, -0.2) is 30.8 Å². The summed E-state index contributed by atoms with van der Waals surface area (Å²) < 4.78 is 29.1. The molecule has 0 spiro atoms. The second-order valence-corrected chi connectivity index (χ2v) is 7.44. The van der Waals surface area contributed by atoms with Gasteiger partial charge in [-0.15, -0.1) is 0 Å². The van der Waals surface area contributed by atoms with Crippen molar-refractivity contribution < 1.29 is 8.42 Å². The summed E-state index contributed by atoms with van der Waals surface area (Å²) in [6.45, 7) is 5.26. The molecule has 0 bridgehead atoms. The SMILES string of the molecule is CC1CCCC(NS(=O)(=O)c2cnn(CCN)c2)C1C. The molecule has 0 saturated heterocycles. The molecule has 1 aromatic heterocycles. The van der Waals surface area contributed by atoms with Crippen molar-refractivity contribution >= 4 is 10.0 Å². The highest BCUT2D eigenvalue weighted by Gasteiger charge is 2.31. The molecule has 3 unspecified atom stereocenters. The minimum atomic E-state index is -3.49. The minimum Gasteiger partial charge on any atom is -0.329 e. The summed E-state index contributed by atoms with van der Waals surface area (Å²) in [4.78, 5) is 0.219. The fourth-order valence-electron chi connectivity index (χ4n) is 2.75. The average molecular weight is 300 g/mol. The lowest BCUT2D eigenvalue weighted by Crippen LogP contribution is -2.43. The Morgan fingerprint density at radius 1 is 1.45 bits per heavy atom. The predicted octanol–water partition coefficient (Wildman–Crippen LogP) is 0.945. The highest BCUT2D eigenvalue weighted by Crippen LogP contribution is 2.30. The summed E-state index contributed by atoms with van der Waals surface area (Å²) in [5, 5.41) is 4.02. The smallest absolute Gasteiger partial charge is 0.243 e. The van der Waals surface area contributed by atoms with Crippen LogP contribution in [0.5, 0.6) is 0 Å². The van der Waals surface area contributed by atoms with Gasteiger partial charge in [0.05, 0.1) is 12.7 Å². The molecule has 3 atom stereocenters. The molecule has 1 aromatic rings. The minimum absolute atomic E-state index is 0.0154. The van der Waals surface area contributed by atoms with Gasteiger partial charge in [-0.25, -0.2) is 13.1 Å². The molecule has 7 heteroatoms. The van der Waals surface area contributed by atoms with Crippen molar-refractivity contribution in [3.05, 3.63) is 12.4 Å². The zero-order valence-electron chi connectivity index (χ0n) is 12.1. The van der Waals surface area contributed by atoms with Gasteiger partial charge in [-0.1, -0.05) is 26.7 Å². The quantitative estimate of drug-likeness (QED) is 0.847. The lowest BCUT2D eigenvalue weighted by atomic mass is 9.78. The molecule has 6 nitrogen and oxygen atoms in total. The zero-order valence-corrected chi connectivity index (χ0v) is 12.9. The number of rotatable bonds is 5. The van der Waals surface area contributed by atoms with Crippen molar-refractivity contribution in [1.29, 1.82) is 0 Å². The molecule has 1 fully saturated rings. The van der Waals surface area contributed by atoms with Crippen LogP contribution in [0.3, 0.4) is 0 Å². The fraction of sp³-hybridized carbons (Fsp3) is 0.769. The van der Waals surface area contributed by atoms with E-state index in [0.717, 1.165) is 12.8 Å². The summed E-state index contributed by atoms with van der Waals surface area (Å²) in [5.41, 5.74) is 5.44. The topological polar surface area (TPSA) is 90.0 Å². The van der Waals surface area contributed by atoms with Crippen LogP contribution in [0.4, 0.5) is 0 Å². The molecule has 1 saturated carbocycles. The number of nitrogens with two attached hydrogens (primary N) is 1. The first-order valence-electron chi connectivity index (χ1n) is 7.19. The Morgan fingerprint density at radius 2 is 2.20 bits per heavy atom. The molecule has 0 radical (unpaired) electrons. The molecule has 0 amide bonds. The van der Waals surface area contributed by atoms with E-state index in [2.05, 4.69) is 23.7 Å². The standard InChI is InChI=1S/C13H24N4O2S/c1-10-4-3-5-13(11(10)2)16-20(18,19)12-8-15-17(9-12)7-6-14/h8-11,13,16H,3-7,14H2,1-2H3. The number of nitrogens with one attached hydrogen (secondary N) is 1. The molecule has 20 heavy (non-hydrogen) atoms. The second-order valence-electron chi connectivity index (χ2n) is 5.72. The van der Waals surface area contributed by atoms with Crippen LogP contribution in [0.15, 0.2) is 17.3 Å². The lowest BCUT2D eigenvalue weighted by molar-refractivity contribution is 0.227. The summed E-state index contributed by atoms with van der Waals surface area (Å²) in [6, 6.07) is 0.0154. The average Bonchev–Trinajstić information content (AvgIpc) is 2.85. The van der Waals surface area contributed by atoms with Gasteiger partial charge in [0.1, 0.15) is 4.90 Å². The van der Waals surface area contributed by atoms with Crippen molar-refractivity contribution in [2.24, 2.45) is 17.6 Å². The third kappa shape index (κ3) is 3.39. The van der Waals surface area contributed by atoms with Crippen molar-refractivity contribution in [1.82, 2.24) is 14.5 Å². The molecule has 114 valence electrons. The van der Waals surface area contributed by atoms with Crippen molar-refractivity contribution in [2.75, 3.05) is 6.54 Å². The molecule has 1 aliphatic rings. The van der Waals surface area contributed by atoms with Crippen LogP contribution in [0.25, 0.3) is 0 Å². The van der Waals surface area contributed by atoms with Crippen molar-refractivity contribution in [2.45, 2.75) is 50.6 Å². The summed E-state index contributed by atoms with van der Waals surface area (Å²) in [7, 11) is -3.49. The van der Waals surface area contributed by atoms with Gasteiger partial charge in [0, 0.05) is 18.8 Å². The maximum Gasteiger partial charge on any atom is 0.243 e. The lowest BCUT2D eigenvalue weighted by Gasteiger charge is -2.34. The van der Waals surface area contributed by atoms with E-state index >= 15 is 0 Å². The van der Waals surface area contributed by atoms with Crippen LogP contribution in [0.1, 0.15) is 33.1 Å². The van der Waals surface area contributed by atoms with Gasteiger partial charge >= 0.3 is 0 Å². The van der Waals surface area contributed by atoms with Crippen LogP contribution >= 0.6 is 0 Å². The van der Waals surface area contributed by atoms with Crippen molar-refractivity contribution in [3.8, 4) is 0 Å². The first-order valence-corrected chi connectivity index (χ1v) is 8.67. The van der Waals surface area contributed by atoms with E-state index in [-0.39, 0.29) is 10.9 Å². The van der Waals surface area contributed by atoms with Gasteiger partial charge in [-0.2, -0.15) is 5.10 Å². The highest BCUT2D eigenvalue weighted by molar-refractivity contribution is 7.89. The number of sulfonamides is 1. The first kappa shape index (κ1) is 15.5. The van der Waals surface area contributed by atoms with Crippen LogP contribution in [0, 0.1) is 11.8 Å². The maximum absolute atomic E-state index is 12.4. The van der Waals surface area contributed by atoms with E-state index in [1.54, 1.807) is 4.68 Å². The highest BCUT2D eigenvalue weighted by atomic mass is 32.2. The van der Waals surface area contributed by atoms with E-state index in [4.69, 9.17) is 5.73 Å². The van der Waals surface area contributed by atoms with Gasteiger partial charge in [0.25, 0.3) is 0 Å². The fourth-order valence-corrected chi connectivity index (χ4v) is 4.07. The Hall–Kier alpha value is -0.920. The first-order chi connectivity index (χ1) is 9.44. The number of hydrogen-bond acceptors (Lipinski definition) is 4. The molecule has 3 N–H and O–H groups in total. The third-order valence-corrected chi connectivity index (χ3v) is 5.74. The Morgan fingerprint density at radius 3 is 2.90 bits per heavy atom. The largest absolute Gasteiger partial charge is 0.329 e. The summed E-state index contributed by atoms with van der Waals surface area (Å²) in [6.07, 6.45) is 6.07. The summed E-state index contributed by atoms with van der Waals surface area (Å²) >= 11 is 0. The van der Waals surface area contributed by atoms with Crippen LogP contribution in [-0.2, 0) is 16.6 Å². The number of nitrogens with zero attached hydrogens (tertiary/aromatic N) is 2. The molecule has 0 aliphatic heterocycles. The summed E-state index contributed by atoms with van der Waals surface area (Å²) in [5.74, 6) is 0.911. The van der Waals surface area contributed by atoms with Gasteiger partial charge in [0.2, 0.25) is 10.0 Å². The van der Waals surface area contributed by atoms with Crippen LogP contribution < -0.4 is 10.5 Å². The zero-order chi connectivity index (χ0) is 14.8. The normalized spacial score (nSPS) is 27.6. The molecule has 1 heterocycles. The predicted molar refractivity (Wildman–Crippen MR) is 77.6 cm³/mol. The molecule has 0 aromatic carbocycles. The second kappa shape index (κ2) is 6.24. The number of aromatic nitrogens is 2. The van der Waals surface area contributed by atoms with E-state index in [9.17, 15) is 8.42 Å². The van der Waals surface area contributed by atoms with E-state index < -0.39 is 10.0 Å². The molecule has 2 rings (SSSR count). The van der Waals surface area contributed by atoms with Gasteiger partial charge < -0.3 is 5.73 Å². The molecular formula is C13H24N4O2S. The molecule has 1 aliphatic carbocycles. The van der Waals surface area contributed by atoms with Gasteiger partial charge in [0.15, 0.2) is 0 Å². The van der Waals surface area contributed by atoms with Gasteiger partial charge in [-0.05, 0) is 18.3 Å². The Balaban J connectivity index is 2.09. The van der Waals surface area contributed by atoms with Crippen LogP contribution in [0.2, 0.25) is 0 Å². The number of hydrogen-bond donors (Lipinski definition) is 2. The van der Waals surface area contributed by atoms with E-state index in [0.29, 0.717) is 24.9 Å². The Labute approximate surface area is 120 Å². The third-order valence-electron chi connectivity index (χ3n) is 4.29. The molecular weight excluding hydrogens is 276 g/mol. The maximum atomic E-state index is 12.4.